The van der Waals surface area contributed by atoms with Gasteiger partial charge in [0.15, 0.2) is 0 Å². The highest BCUT2D eigenvalue weighted by atomic mass is 16.5. The van der Waals surface area contributed by atoms with Gasteiger partial charge >= 0.3 is 0 Å². The first-order valence-corrected chi connectivity index (χ1v) is 3.18. The van der Waals surface area contributed by atoms with E-state index in [0.29, 0.717) is 19.2 Å². The molecule has 1 aliphatic heterocycles. The van der Waals surface area contributed by atoms with Crippen LogP contribution in [0.2, 0.25) is 0 Å². The molecule has 1 aromatic rings. The fourth-order valence-electron chi connectivity index (χ4n) is 1.03. The molecule has 1 atom stereocenters. The first kappa shape index (κ1) is 5.73. The molecule has 10 heavy (non-hydrogen) atoms. The number of ether oxygens (including phenoxy) is 1. The predicted octanol–water partition coefficient (Wildman–Crippen LogP) is -0.364. The summed E-state index contributed by atoms with van der Waals surface area (Å²) < 4.78 is 6.86. The van der Waals surface area contributed by atoms with Gasteiger partial charge in [-0.25, -0.2) is 4.98 Å². The Kier molecular flexibility index (Phi) is 1.14. The fraction of sp³-hybridized carbons (Fsp3) is 0.500. The van der Waals surface area contributed by atoms with Crippen molar-refractivity contribution < 1.29 is 9.84 Å². The Hall–Kier alpha value is -1.03. The minimum Gasteiger partial charge on any atom is -0.462 e. The predicted molar refractivity (Wildman–Crippen MR) is 33.7 cm³/mol. The third-order valence-electron chi connectivity index (χ3n) is 1.49. The van der Waals surface area contributed by atoms with Crippen LogP contribution in [-0.2, 0) is 6.54 Å². The Balaban J connectivity index is 2.30. The van der Waals surface area contributed by atoms with E-state index in [4.69, 9.17) is 9.84 Å². The number of rotatable bonds is 0. The highest BCUT2D eigenvalue weighted by molar-refractivity contribution is 5.01. The molecule has 1 aromatic heterocycles. The Labute approximate surface area is 58.1 Å². The van der Waals surface area contributed by atoms with Crippen LogP contribution >= 0.6 is 0 Å². The monoisotopic (exact) mass is 140 g/mol. The second-order valence-corrected chi connectivity index (χ2v) is 2.33. The van der Waals surface area contributed by atoms with E-state index in [9.17, 15) is 0 Å². The fourth-order valence-corrected chi connectivity index (χ4v) is 1.03. The normalized spacial score (nSPS) is 23.5. The number of nitrogens with zero attached hydrogens (tertiary/aromatic N) is 2. The van der Waals surface area contributed by atoms with Crippen LogP contribution < -0.4 is 4.74 Å². The topological polar surface area (TPSA) is 47.3 Å². The third-order valence-corrected chi connectivity index (χ3v) is 1.49. The van der Waals surface area contributed by atoms with Gasteiger partial charge in [0, 0.05) is 12.4 Å². The van der Waals surface area contributed by atoms with Crippen molar-refractivity contribution in [3.63, 3.8) is 0 Å². The van der Waals surface area contributed by atoms with E-state index in [1.807, 2.05) is 0 Å². The van der Waals surface area contributed by atoms with Gasteiger partial charge in [0.2, 0.25) is 0 Å². The van der Waals surface area contributed by atoms with Crippen molar-refractivity contribution in [1.29, 1.82) is 0 Å². The SMILES string of the molecule is O[C@@H]1COc2nccn2C1. The molecule has 0 amide bonds. The summed E-state index contributed by atoms with van der Waals surface area (Å²) in [5.74, 6) is 0. The molecule has 0 fully saturated rings. The van der Waals surface area contributed by atoms with E-state index in [-0.39, 0.29) is 6.10 Å². The molecule has 0 saturated heterocycles. The maximum atomic E-state index is 9.10. The van der Waals surface area contributed by atoms with E-state index in [2.05, 4.69) is 4.98 Å². The zero-order chi connectivity index (χ0) is 6.97. The summed E-state index contributed by atoms with van der Waals surface area (Å²) in [6.07, 6.45) is 3.06. The first-order chi connectivity index (χ1) is 4.86. The lowest BCUT2D eigenvalue weighted by Crippen LogP contribution is -2.29. The van der Waals surface area contributed by atoms with E-state index in [1.165, 1.54) is 0 Å². The number of imidazole rings is 1. The summed E-state index contributed by atoms with van der Waals surface area (Å²) in [5, 5.41) is 9.10. The van der Waals surface area contributed by atoms with Gasteiger partial charge < -0.3 is 9.84 Å². The second kappa shape index (κ2) is 1.98. The van der Waals surface area contributed by atoms with Crippen LogP contribution in [0.5, 0.6) is 6.01 Å². The zero-order valence-electron chi connectivity index (χ0n) is 5.40. The van der Waals surface area contributed by atoms with E-state index in [0.717, 1.165) is 0 Å². The smallest absolute Gasteiger partial charge is 0.296 e. The summed E-state index contributed by atoms with van der Waals surface area (Å²) in [5.41, 5.74) is 0. The minimum atomic E-state index is -0.387. The average Bonchev–Trinajstić information content (AvgIpc) is 2.33. The highest BCUT2D eigenvalue weighted by Gasteiger charge is 2.16. The number of fused-ring (bicyclic) bond motifs is 1. The summed E-state index contributed by atoms with van der Waals surface area (Å²) >= 11 is 0. The van der Waals surface area contributed by atoms with E-state index in [1.54, 1.807) is 17.0 Å². The van der Waals surface area contributed by atoms with Crippen LogP contribution in [-0.4, -0.2) is 27.4 Å². The van der Waals surface area contributed by atoms with Crippen LogP contribution in [0.3, 0.4) is 0 Å². The van der Waals surface area contributed by atoms with Crippen molar-refractivity contribution >= 4 is 0 Å². The van der Waals surface area contributed by atoms with Crippen molar-refractivity contribution in [1.82, 2.24) is 9.55 Å². The van der Waals surface area contributed by atoms with Crippen molar-refractivity contribution in [3.05, 3.63) is 12.4 Å². The average molecular weight is 140 g/mol. The van der Waals surface area contributed by atoms with Crippen molar-refractivity contribution in [2.75, 3.05) is 6.61 Å². The highest BCUT2D eigenvalue weighted by Crippen LogP contribution is 2.13. The molecular formula is C6H8N2O2. The largest absolute Gasteiger partial charge is 0.462 e. The first-order valence-electron chi connectivity index (χ1n) is 3.18. The molecule has 54 valence electrons. The van der Waals surface area contributed by atoms with Gasteiger partial charge in [-0.3, -0.25) is 4.57 Å². The maximum absolute atomic E-state index is 9.10. The molecule has 0 aliphatic carbocycles. The van der Waals surface area contributed by atoms with Gasteiger partial charge in [-0.2, -0.15) is 0 Å². The van der Waals surface area contributed by atoms with Gasteiger partial charge in [-0.05, 0) is 0 Å². The molecule has 1 N–H and O–H groups in total. The van der Waals surface area contributed by atoms with Crippen molar-refractivity contribution in [2.45, 2.75) is 12.6 Å². The number of aliphatic hydroxyl groups excluding tert-OH is 1. The van der Waals surface area contributed by atoms with Gasteiger partial charge in [-0.15, -0.1) is 0 Å². The van der Waals surface area contributed by atoms with Gasteiger partial charge in [-0.1, -0.05) is 0 Å². The maximum Gasteiger partial charge on any atom is 0.296 e. The number of aliphatic hydroxyl groups is 1. The molecule has 4 heteroatoms. The Morgan fingerprint density at radius 1 is 1.80 bits per heavy atom. The van der Waals surface area contributed by atoms with Gasteiger partial charge in [0.1, 0.15) is 12.7 Å². The molecule has 2 heterocycles. The third kappa shape index (κ3) is 0.769. The molecule has 0 aromatic carbocycles. The molecule has 0 bridgehead atoms. The van der Waals surface area contributed by atoms with Gasteiger partial charge in [0.05, 0.1) is 6.54 Å². The molecule has 0 radical (unpaired) electrons. The molecule has 0 spiro atoms. The standard InChI is InChI=1S/C6H8N2O2/c9-5-3-8-2-1-7-6(8)10-4-5/h1-2,5,9H,3-4H2/t5-/m0/s1. The Morgan fingerprint density at radius 2 is 2.70 bits per heavy atom. The Morgan fingerprint density at radius 3 is 3.60 bits per heavy atom. The van der Waals surface area contributed by atoms with Crippen LogP contribution in [0.15, 0.2) is 12.4 Å². The number of hydrogen-bond donors (Lipinski definition) is 1. The summed E-state index contributed by atoms with van der Waals surface area (Å²) in [6.45, 7) is 0.951. The molecule has 4 nitrogen and oxygen atoms in total. The van der Waals surface area contributed by atoms with E-state index < -0.39 is 0 Å². The Bertz CT molecular complexity index is 233. The van der Waals surface area contributed by atoms with Crippen LogP contribution in [0.25, 0.3) is 0 Å². The van der Waals surface area contributed by atoms with Crippen LogP contribution in [0.4, 0.5) is 0 Å². The zero-order valence-corrected chi connectivity index (χ0v) is 5.40. The van der Waals surface area contributed by atoms with Crippen molar-refractivity contribution in [2.24, 2.45) is 0 Å². The molecule has 2 rings (SSSR count). The quantitative estimate of drug-likeness (QED) is 0.535. The van der Waals surface area contributed by atoms with Crippen LogP contribution in [0.1, 0.15) is 0 Å². The van der Waals surface area contributed by atoms with Gasteiger partial charge in [0.25, 0.3) is 6.01 Å². The molecule has 1 aliphatic rings. The molecular weight excluding hydrogens is 132 g/mol. The molecule has 0 unspecified atom stereocenters. The number of aromatic nitrogens is 2. The number of hydrogen-bond acceptors (Lipinski definition) is 3. The van der Waals surface area contributed by atoms with Crippen LogP contribution in [0, 0.1) is 0 Å². The van der Waals surface area contributed by atoms with Crippen molar-refractivity contribution in [3.8, 4) is 6.01 Å². The second-order valence-electron chi connectivity index (χ2n) is 2.33. The summed E-state index contributed by atoms with van der Waals surface area (Å²) in [7, 11) is 0. The minimum absolute atomic E-state index is 0.358. The lowest BCUT2D eigenvalue weighted by molar-refractivity contribution is 0.0580. The summed E-state index contributed by atoms with van der Waals surface area (Å²) in [6, 6.07) is 0.602. The van der Waals surface area contributed by atoms with E-state index >= 15 is 0 Å². The lowest BCUT2D eigenvalue weighted by atomic mass is 10.3. The summed E-state index contributed by atoms with van der Waals surface area (Å²) in [4.78, 5) is 3.92. The lowest BCUT2D eigenvalue weighted by Gasteiger charge is -2.19. The molecule has 0 saturated carbocycles.